The molecule has 2 rings (SSSR count). The van der Waals surface area contributed by atoms with Crippen molar-refractivity contribution >= 4 is 5.96 Å². The zero-order chi connectivity index (χ0) is 16.4. The van der Waals surface area contributed by atoms with E-state index in [0.29, 0.717) is 5.41 Å². The highest BCUT2D eigenvalue weighted by Crippen LogP contribution is 2.41. The van der Waals surface area contributed by atoms with Gasteiger partial charge >= 0.3 is 0 Å². The zero-order valence-corrected chi connectivity index (χ0v) is 14.6. The quantitative estimate of drug-likeness (QED) is 0.542. The lowest BCUT2D eigenvalue weighted by Crippen LogP contribution is -2.39. The molecule has 0 saturated heterocycles. The van der Waals surface area contributed by atoms with E-state index in [1.165, 1.54) is 25.7 Å². The number of nitrogens with zero attached hydrogens (tertiary/aromatic N) is 1. The molecule has 0 unspecified atom stereocenters. The van der Waals surface area contributed by atoms with E-state index in [2.05, 4.69) is 17.6 Å². The number of nitrogens with one attached hydrogen (secondary N) is 2. The highest BCUT2D eigenvalue weighted by molar-refractivity contribution is 5.79. The highest BCUT2D eigenvalue weighted by atomic mass is 16.5. The third kappa shape index (κ3) is 5.90. The van der Waals surface area contributed by atoms with Crippen LogP contribution in [0.5, 0.6) is 0 Å². The maximum absolute atomic E-state index is 5.36. The standard InChI is InChI=1S/C18H31N3O2/c1-3-19-17(20-12-8-16-7-6-13-23-16)21-15-18(11-14-22-2)9-4-5-10-18/h6-7,13H,3-5,8-12,14-15H2,1-2H3,(H2,19,20,21). The molecule has 1 aromatic heterocycles. The third-order valence-electron chi connectivity index (χ3n) is 4.66. The van der Waals surface area contributed by atoms with Gasteiger partial charge < -0.3 is 19.8 Å². The minimum absolute atomic E-state index is 0.333. The van der Waals surface area contributed by atoms with Crippen molar-refractivity contribution in [1.82, 2.24) is 10.6 Å². The Hall–Kier alpha value is -1.49. The van der Waals surface area contributed by atoms with Gasteiger partial charge in [-0.05, 0) is 43.7 Å². The van der Waals surface area contributed by atoms with Gasteiger partial charge in [0, 0.05) is 39.8 Å². The van der Waals surface area contributed by atoms with Crippen LogP contribution in [0.1, 0.15) is 44.8 Å². The van der Waals surface area contributed by atoms with E-state index in [-0.39, 0.29) is 0 Å². The second kappa shape index (κ2) is 9.60. The summed E-state index contributed by atoms with van der Waals surface area (Å²) >= 11 is 0. The Labute approximate surface area is 139 Å². The lowest BCUT2D eigenvalue weighted by Gasteiger charge is -2.27. The van der Waals surface area contributed by atoms with Gasteiger partial charge in [-0.15, -0.1) is 0 Å². The van der Waals surface area contributed by atoms with Crippen LogP contribution in [0, 0.1) is 5.41 Å². The predicted molar refractivity (Wildman–Crippen MR) is 93.8 cm³/mol. The second-order valence-corrected chi connectivity index (χ2v) is 6.40. The largest absolute Gasteiger partial charge is 0.469 e. The summed E-state index contributed by atoms with van der Waals surface area (Å²) in [4.78, 5) is 4.85. The molecule has 0 atom stereocenters. The summed E-state index contributed by atoms with van der Waals surface area (Å²) in [5.74, 6) is 1.91. The highest BCUT2D eigenvalue weighted by Gasteiger charge is 2.33. The Morgan fingerprint density at radius 3 is 2.83 bits per heavy atom. The van der Waals surface area contributed by atoms with Crippen LogP contribution in [0.15, 0.2) is 27.8 Å². The summed E-state index contributed by atoms with van der Waals surface area (Å²) < 4.78 is 10.7. The number of ether oxygens (including phenoxy) is 1. The molecule has 1 saturated carbocycles. The SMILES string of the molecule is CCNC(=NCC1(CCOC)CCCC1)NCCc1ccco1. The number of hydrogen-bond acceptors (Lipinski definition) is 3. The van der Waals surface area contributed by atoms with Crippen molar-refractivity contribution in [2.75, 3.05) is 33.4 Å². The van der Waals surface area contributed by atoms with Gasteiger partial charge in [-0.2, -0.15) is 0 Å². The lowest BCUT2D eigenvalue weighted by atomic mass is 9.83. The van der Waals surface area contributed by atoms with E-state index < -0.39 is 0 Å². The van der Waals surface area contributed by atoms with Crippen LogP contribution < -0.4 is 10.6 Å². The summed E-state index contributed by atoms with van der Waals surface area (Å²) in [6.45, 7) is 5.51. The average Bonchev–Trinajstić information content (AvgIpc) is 3.23. The van der Waals surface area contributed by atoms with Crippen LogP contribution >= 0.6 is 0 Å². The number of methoxy groups -OCH3 is 1. The molecule has 23 heavy (non-hydrogen) atoms. The van der Waals surface area contributed by atoms with Crippen molar-refractivity contribution in [2.24, 2.45) is 10.4 Å². The minimum atomic E-state index is 0.333. The summed E-state index contributed by atoms with van der Waals surface area (Å²) in [5, 5.41) is 6.74. The first-order chi connectivity index (χ1) is 11.3. The third-order valence-corrected chi connectivity index (χ3v) is 4.66. The number of aliphatic imine (C=N–C) groups is 1. The fraction of sp³-hybridized carbons (Fsp3) is 0.722. The van der Waals surface area contributed by atoms with E-state index >= 15 is 0 Å². The van der Waals surface area contributed by atoms with Crippen LogP contribution in [0.4, 0.5) is 0 Å². The first-order valence-corrected chi connectivity index (χ1v) is 8.81. The van der Waals surface area contributed by atoms with Crippen LogP contribution in [0.2, 0.25) is 0 Å². The molecule has 1 aliphatic carbocycles. The maximum atomic E-state index is 5.36. The number of hydrogen-bond donors (Lipinski definition) is 2. The summed E-state index contributed by atoms with van der Waals surface area (Å²) in [5.41, 5.74) is 0.333. The van der Waals surface area contributed by atoms with Gasteiger partial charge in [-0.3, -0.25) is 4.99 Å². The van der Waals surface area contributed by atoms with Crippen molar-refractivity contribution in [2.45, 2.75) is 45.4 Å². The first kappa shape index (κ1) is 17.9. The van der Waals surface area contributed by atoms with Gasteiger partial charge in [0.1, 0.15) is 5.76 Å². The number of furan rings is 1. The van der Waals surface area contributed by atoms with Crippen molar-refractivity contribution in [1.29, 1.82) is 0 Å². The molecule has 130 valence electrons. The molecular weight excluding hydrogens is 290 g/mol. The predicted octanol–water partition coefficient (Wildman–Crippen LogP) is 2.97. The Kier molecular flexibility index (Phi) is 7.46. The Morgan fingerprint density at radius 1 is 1.35 bits per heavy atom. The van der Waals surface area contributed by atoms with Crippen LogP contribution in [0.25, 0.3) is 0 Å². The molecule has 2 N–H and O–H groups in total. The summed E-state index contributed by atoms with van der Waals surface area (Å²) in [6.07, 6.45) is 8.88. The monoisotopic (exact) mass is 321 g/mol. The maximum Gasteiger partial charge on any atom is 0.191 e. The zero-order valence-electron chi connectivity index (χ0n) is 14.6. The van der Waals surface area contributed by atoms with Crippen molar-refractivity contribution in [3.8, 4) is 0 Å². The van der Waals surface area contributed by atoms with Gasteiger partial charge in [-0.25, -0.2) is 0 Å². The fourth-order valence-electron chi connectivity index (χ4n) is 3.28. The Balaban J connectivity index is 1.85. The van der Waals surface area contributed by atoms with Gasteiger partial charge in [0.15, 0.2) is 5.96 Å². The van der Waals surface area contributed by atoms with Crippen LogP contribution in [-0.4, -0.2) is 39.3 Å². The summed E-state index contributed by atoms with van der Waals surface area (Å²) in [6, 6.07) is 3.93. The number of guanidine groups is 1. The molecule has 1 heterocycles. The van der Waals surface area contributed by atoms with E-state index in [1.54, 1.807) is 13.4 Å². The average molecular weight is 321 g/mol. The molecule has 5 heteroatoms. The van der Waals surface area contributed by atoms with E-state index in [9.17, 15) is 0 Å². The van der Waals surface area contributed by atoms with Gasteiger partial charge in [0.25, 0.3) is 0 Å². The van der Waals surface area contributed by atoms with Crippen molar-refractivity contribution < 1.29 is 9.15 Å². The smallest absolute Gasteiger partial charge is 0.191 e. The van der Waals surface area contributed by atoms with Crippen molar-refractivity contribution in [3.63, 3.8) is 0 Å². The van der Waals surface area contributed by atoms with E-state index in [4.69, 9.17) is 14.1 Å². The lowest BCUT2D eigenvalue weighted by molar-refractivity contribution is 0.141. The molecule has 0 aromatic carbocycles. The molecule has 0 radical (unpaired) electrons. The Bertz CT molecular complexity index is 451. The molecular formula is C18H31N3O2. The van der Waals surface area contributed by atoms with Crippen LogP contribution in [-0.2, 0) is 11.2 Å². The normalized spacial score (nSPS) is 17.4. The second-order valence-electron chi connectivity index (χ2n) is 6.40. The topological polar surface area (TPSA) is 58.8 Å². The molecule has 0 bridgehead atoms. The van der Waals surface area contributed by atoms with Gasteiger partial charge in [0.2, 0.25) is 0 Å². The van der Waals surface area contributed by atoms with E-state index in [1.807, 2.05) is 12.1 Å². The molecule has 1 fully saturated rings. The molecule has 0 spiro atoms. The molecule has 1 aliphatic rings. The summed E-state index contributed by atoms with van der Waals surface area (Å²) in [7, 11) is 1.78. The molecule has 1 aromatic rings. The van der Waals surface area contributed by atoms with Gasteiger partial charge in [-0.1, -0.05) is 12.8 Å². The van der Waals surface area contributed by atoms with Gasteiger partial charge in [0.05, 0.1) is 6.26 Å². The molecule has 0 aliphatic heterocycles. The van der Waals surface area contributed by atoms with Crippen LogP contribution in [0.3, 0.4) is 0 Å². The first-order valence-electron chi connectivity index (χ1n) is 8.81. The minimum Gasteiger partial charge on any atom is -0.469 e. The number of rotatable bonds is 9. The van der Waals surface area contributed by atoms with E-state index in [0.717, 1.165) is 50.8 Å². The Morgan fingerprint density at radius 2 is 2.17 bits per heavy atom. The fourth-order valence-corrected chi connectivity index (χ4v) is 3.28. The molecule has 5 nitrogen and oxygen atoms in total. The van der Waals surface area contributed by atoms with Crippen molar-refractivity contribution in [3.05, 3.63) is 24.2 Å². The molecule has 0 amide bonds.